The van der Waals surface area contributed by atoms with Gasteiger partial charge in [-0.3, -0.25) is 9.99 Å². The van der Waals surface area contributed by atoms with Crippen LogP contribution in [-0.4, -0.2) is 34.5 Å². The zero-order valence-electron chi connectivity index (χ0n) is 21.5. The fraction of sp³-hybridized carbons (Fsp3) is 0.333. The smallest absolute Gasteiger partial charge is 0.257 e. The fourth-order valence-electron chi connectivity index (χ4n) is 4.09. The molecular formula is C27H29ClF3N7. The molecule has 0 aliphatic carbocycles. The number of rotatable bonds is 8. The van der Waals surface area contributed by atoms with Gasteiger partial charge in [-0.2, -0.15) is 4.39 Å². The Morgan fingerprint density at radius 1 is 1.24 bits per heavy atom. The number of benzene rings is 1. The third-order valence-electron chi connectivity index (χ3n) is 5.88. The van der Waals surface area contributed by atoms with E-state index in [9.17, 15) is 13.2 Å². The van der Waals surface area contributed by atoms with Gasteiger partial charge in [0.05, 0.1) is 40.1 Å². The molecule has 38 heavy (non-hydrogen) atoms. The van der Waals surface area contributed by atoms with Crippen LogP contribution in [0, 0.1) is 30.6 Å². The van der Waals surface area contributed by atoms with E-state index < -0.39 is 25.0 Å². The monoisotopic (exact) mass is 543 g/mol. The van der Waals surface area contributed by atoms with Gasteiger partial charge in [0.15, 0.2) is 0 Å². The van der Waals surface area contributed by atoms with Crippen molar-refractivity contribution in [1.82, 2.24) is 25.9 Å². The van der Waals surface area contributed by atoms with Crippen LogP contribution in [0.3, 0.4) is 0 Å². The van der Waals surface area contributed by atoms with Crippen molar-refractivity contribution >= 4 is 33.9 Å². The number of alkyl halides is 2. The van der Waals surface area contributed by atoms with Crippen molar-refractivity contribution in [1.29, 1.82) is 0 Å². The van der Waals surface area contributed by atoms with Crippen molar-refractivity contribution in [3.8, 4) is 12.3 Å². The Morgan fingerprint density at radius 3 is 2.66 bits per heavy atom. The number of anilines is 2. The molecule has 0 spiro atoms. The van der Waals surface area contributed by atoms with E-state index in [1.54, 1.807) is 25.3 Å². The van der Waals surface area contributed by atoms with E-state index in [1.165, 1.54) is 17.3 Å². The Morgan fingerprint density at radius 2 is 2.00 bits per heavy atom. The first-order chi connectivity index (χ1) is 17.9. The zero-order chi connectivity index (χ0) is 27.6. The van der Waals surface area contributed by atoms with Gasteiger partial charge in [0.1, 0.15) is 0 Å². The maximum Gasteiger partial charge on any atom is 0.257 e. The molecule has 3 aromatic rings. The number of pyridine rings is 2. The Balaban J connectivity index is 1.79. The van der Waals surface area contributed by atoms with E-state index in [1.807, 2.05) is 6.07 Å². The molecule has 0 fully saturated rings. The molecule has 1 aliphatic heterocycles. The topological polar surface area (TPSA) is 77.1 Å². The fourth-order valence-corrected chi connectivity index (χ4v) is 4.36. The molecule has 7 nitrogen and oxygen atoms in total. The Labute approximate surface area is 224 Å². The molecule has 0 radical (unpaired) electrons. The minimum Gasteiger partial charge on any atom is -0.383 e. The molecule has 0 bridgehead atoms. The van der Waals surface area contributed by atoms with Crippen LogP contribution in [0.15, 0.2) is 42.4 Å². The molecule has 1 aliphatic rings. The number of halogens is 4. The van der Waals surface area contributed by atoms with Gasteiger partial charge in [0.2, 0.25) is 5.95 Å². The Kier molecular flexibility index (Phi) is 7.90. The molecule has 4 N–H and O–H groups in total. The summed E-state index contributed by atoms with van der Waals surface area (Å²) in [6.07, 6.45) is 6.37. The summed E-state index contributed by atoms with van der Waals surface area (Å²) in [7, 11) is 0. The minimum absolute atomic E-state index is 0.0168. The molecule has 11 heteroatoms. The van der Waals surface area contributed by atoms with Gasteiger partial charge in [-0.05, 0) is 30.5 Å². The Bertz CT molecular complexity index is 1410. The van der Waals surface area contributed by atoms with Crippen molar-refractivity contribution in [3.63, 3.8) is 0 Å². The van der Waals surface area contributed by atoms with Gasteiger partial charge in [-0.1, -0.05) is 44.4 Å². The largest absolute Gasteiger partial charge is 0.383 e. The highest BCUT2D eigenvalue weighted by Crippen LogP contribution is 2.36. The number of fused-ring (bicyclic) bond motifs is 1. The number of aryl methyl sites for hydroxylation is 1. The maximum atomic E-state index is 13.8. The molecule has 2 aromatic heterocycles. The summed E-state index contributed by atoms with van der Waals surface area (Å²) in [5.74, 6) is 2.06. The quantitative estimate of drug-likeness (QED) is 0.213. The number of hydrazine groups is 2. The van der Waals surface area contributed by atoms with E-state index in [0.717, 1.165) is 11.1 Å². The summed E-state index contributed by atoms with van der Waals surface area (Å²) in [5, 5.41) is 9.21. The summed E-state index contributed by atoms with van der Waals surface area (Å²) in [6.45, 7) is 8.14. The molecule has 200 valence electrons. The van der Waals surface area contributed by atoms with Gasteiger partial charge in [-0.15, -0.1) is 12.0 Å². The summed E-state index contributed by atoms with van der Waals surface area (Å²) in [5.41, 5.74) is 9.74. The van der Waals surface area contributed by atoms with Crippen LogP contribution in [-0.2, 0) is 0 Å². The summed E-state index contributed by atoms with van der Waals surface area (Å²) < 4.78 is 39.8. The number of nitrogens with zero attached hydrogens (tertiary/aromatic N) is 3. The SMILES string of the molecule is C#Cc1cnc2c(Cl)cc(N[C@H](C3=CN(CC(F)F)NN3)c3ccc(F)nc3C)cc2c1NCC(C)(C)C. The van der Waals surface area contributed by atoms with Crippen LogP contribution in [0.5, 0.6) is 0 Å². The molecule has 1 atom stereocenters. The molecule has 0 saturated carbocycles. The number of aromatic nitrogens is 2. The van der Waals surface area contributed by atoms with Crippen LogP contribution < -0.4 is 21.6 Å². The van der Waals surface area contributed by atoms with Crippen LogP contribution in [0.25, 0.3) is 10.9 Å². The first-order valence-corrected chi connectivity index (χ1v) is 12.3. The summed E-state index contributed by atoms with van der Waals surface area (Å²) in [4.78, 5) is 8.41. The third kappa shape index (κ3) is 6.23. The lowest BCUT2D eigenvalue weighted by Crippen LogP contribution is -2.39. The molecule has 0 amide bonds. The van der Waals surface area contributed by atoms with E-state index in [2.05, 4.69) is 58.3 Å². The summed E-state index contributed by atoms with van der Waals surface area (Å²) >= 11 is 6.66. The van der Waals surface area contributed by atoms with Crippen LogP contribution in [0.4, 0.5) is 24.5 Å². The van der Waals surface area contributed by atoms with Crippen LogP contribution in [0.2, 0.25) is 5.02 Å². The average molecular weight is 544 g/mol. The first-order valence-electron chi connectivity index (χ1n) is 12.0. The predicted octanol–water partition coefficient (Wildman–Crippen LogP) is 5.75. The lowest BCUT2D eigenvalue weighted by Gasteiger charge is -2.24. The van der Waals surface area contributed by atoms with Crippen molar-refractivity contribution in [3.05, 3.63) is 70.2 Å². The van der Waals surface area contributed by atoms with E-state index >= 15 is 0 Å². The maximum absolute atomic E-state index is 13.8. The average Bonchev–Trinajstić information content (AvgIpc) is 3.28. The van der Waals surface area contributed by atoms with Crippen molar-refractivity contribution in [2.75, 3.05) is 23.7 Å². The summed E-state index contributed by atoms with van der Waals surface area (Å²) in [6, 6.07) is 5.84. The van der Waals surface area contributed by atoms with E-state index in [4.69, 9.17) is 18.0 Å². The van der Waals surface area contributed by atoms with Gasteiger partial charge in [0.25, 0.3) is 6.43 Å². The number of nitrogens with one attached hydrogen (secondary N) is 4. The third-order valence-corrected chi connectivity index (χ3v) is 6.16. The second kappa shape index (κ2) is 11.0. The van der Waals surface area contributed by atoms with Gasteiger partial charge in [0, 0.05) is 41.3 Å². The molecule has 1 aromatic carbocycles. The zero-order valence-corrected chi connectivity index (χ0v) is 22.2. The second-order valence-electron chi connectivity index (χ2n) is 10.2. The number of hydrogen-bond donors (Lipinski definition) is 4. The van der Waals surface area contributed by atoms with Crippen molar-refractivity contribution in [2.24, 2.45) is 5.41 Å². The Hall–Kier alpha value is -3.68. The predicted molar refractivity (Wildman–Crippen MR) is 145 cm³/mol. The lowest BCUT2D eigenvalue weighted by atomic mass is 9.96. The second-order valence-corrected chi connectivity index (χ2v) is 10.6. The highest BCUT2D eigenvalue weighted by molar-refractivity contribution is 6.35. The van der Waals surface area contributed by atoms with Crippen LogP contribution in [0.1, 0.15) is 43.6 Å². The van der Waals surface area contributed by atoms with Gasteiger partial charge < -0.3 is 16.1 Å². The molecule has 3 heterocycles. The highest BCUT2D eigenvalue weighted by atomic mass is 35.5. The van der Waals surface area contributed by atoms with Crippen molar-refractivity contribution in [2.45, 2.75) is 40.2 Å². The standard InChI is InChI=1S/C27H29ClF3N7/c1-6-16-11-32-25-19(24(16)33-14-27(3,4)5)9-17(10-20(25)28)35-26(18-7-8-23(31)34-15(18)2)21-12-38(37-36-21)13-22(29)30/h1,7-12,22,26,35-37H,13-14H2,2-5H3,(H,32,33)/t26-/m0/s1. The number of terminal acetylenes is 1. The molecule has 0 unspecified atom stereocenters. The van der Waals surface area contributed by atoms with E-state index in [-0.39, 0.29) is 5.41 Å². The molecule has 0 saturated heterocycles. The highest BCUT2D eigenvalue weighted by Gasteiger charge is 2.26. The van der Waals surface area contributed by atoms with Crippen LogP contribution >= 0.6 is 11.6 Å². The van der Waals surface area contributed by atoms with Crippen molar-refractivity contribution < 1.29 is 13.2 Å². The molecular weight excluding hydrogens is 515 g/mol. The van der Waals surface area contributed by atoms with Gasteiger partial charge >= 0.3 is 0 Å². The number of hydrogen-bond acceptors (Lipinski definition) is 7. The normalized spacial score (nSPS) is 14.3. The lowest BCUT2D eigenvalue weighted by molar-refractivity contribution is 0.0889. The molecule has 4 rings (SSSR count). The van der Waals surface area contributed by atoms with Gasteiger partial charge in [-0.25, -0.2) is 13.8 Å². The van der Waals surface area contributed by atoms with E-state index in [0.29, 0.717) is 45.3 Å². The first kappa shape index (κ1) is 27.4. The minimum atomic E-state index is -2.54.